The third kappa shape index (κ3) is 4.30. The number of nitrogens with zero attached hydrogens (tertiary/aromatic N) is 9. The molecule has 10 heteroatoms. The van der Waals surface area contributed by atoms with Gasteiger partial charge >= 0.3 is 0 Å². The molecule has 4 aromatic heterocycles. The maximum Gasteiger partial charge on any atom is 0.256 e. The van der Waals surface area contributed by atoms with E-state index in [9.17, 15) is 0 Å². The van der Waals surface area contributed by atoms with Crippen LogP contribution in [0.4, 0.5) is 0 Å². The second-order valence-electron chi connectivity index (χ2n) is 11.5. The van der Waals surface area contributed by atoms with Gasteiger partial charge in [-0.3, -0.25) is 0 Å². The van der Waals surface area contributed by atoms with Crippen molar-refractivity contribution in [2.24, 2.45) is 10.4 Å². The molecule has 6 heterocycles. The van der Waals surface area contributed by atoms with Crippen molar-refractivity contribution in [1.29, 1.82) is 0 Å². The van der Waals surface area contributed by atoms with Crippen LogP contribution in [-0.2, 0) is 0 Å². The molecule has 0 unspecified atom stereocenters. The Hall–Kier alpha value is -4.70. The molecular formula is C32H31N9S. The minimum Gasteiger partial charge on any atom is -0.335 e. The lowest BCUT2D eigenvalue weighted by Crippen LogP contribution is -2.28. The van der Waals surface area contributed by atoms with Gasteiger partial charge in [-0.2, -0.15) is 25.1 Å². The number of amidine groups is 1. The summed E-state index contributed by atoms with van der Waals surface area (Å²) in [6, 6.07) is 14.8. The molecule has 210 valence electrons. The number of hydrogen-bond donors (Lipinski definition) is 0. The van der Waals surface area contributed by atoms with Crippen LogP contribution < -0.4 is 0 Å². The molecule has 0 aliphatic carbocycles. The van der Waals surface area contributed by atoms with Gasteiger partial charge in [-0.25, -0.2) is 14.4 Å². The summed E-state index contributed by atoms with van der Waals surface area (Å²) < 4.78 is 4.78. The Morgan fingerprint density at radius 3 is 2.07 bits per heavy atom. The molecule has 0 N–H and O–H groups in total. The Labute approximate surface area is 248 Å². The first-order valence-electron chi connectivity index (χ1n) is 13.9. The average Bonchev–Trinajstić information content (AvgIpc) is 3.68. The van der Waals surface area contributed by atoms with E-state index in [-0.39, 0.29) is 5.41 Å². The minimum absolute atomic E-state index is 0.372. The summed E-state index contributed by atoms with van der Waals surface area (Å²) in [6.07, 6.45) is 6.41. The van der Waals surface area contributed by atoms with Crippen LogP contribution in [0.15, 0.2) is 71.0 Å². The molecule has 0 radical (unpaired) electrons. The number of hydrogen-bond acceptors (Lipinski definition) is 8. The third-order valence-electron chi connectivity index (χ3n) is 7.75. The molecule has 1 aromatic carbocycles. The van der Waals surface area contributed by atoms with E-state index >= 15 is 0 Å². The number of likely N-dealkylation sites (N-methyl/N-ethyl adjacent to an activating group) is 1. The Kier molecular flexibility index (Phi) is 5.88. The van der Waals surface area contributed by atoms with Crippen molar-refractivity contribution in [3.63, 3.8) is 0 Å². The lowest BCUT2D eigenvalue weighted by atomic mass is 9.80. The van der Waals surface area contributed by atoms with Gasteiger partial charge in [-0.05, 0) is 63.4 Å². The molecular weight excluding hydrogens is 542 g/mol. The van der Waals surface area contributed by atoms with E-state index in [2.05, 4.69) is 78.6 Å². The standard InChI is InChI=1S/C32H31N9S/c1-18-12-20(3)40(37-18)30-34-28(35-31(36-30)41-21(4)13-19(2)38-41)16-27-32(5,6)24-14-23(17-39(7)29(24)33-27)26-15-22-10-8-9-11-25(22)42-26/h8-17H,1-7H3/b27-16-. The van der Waals surface area contributed by atoms with E-state index in [1.807, 2.05) is 57.2 Å². The Balaban J connectivity index is 1.33. The van der Waals surface area contributed by atoms with Crippen molar-refractivity contribution >= 4 is 38.9 Å². The van der Waals surface area contributed by atoms with Gasteiger partial charge in [0.25, 0.3) is 11.9 Å². The lowest BCUT2D eigenvalue weighted by molar-refractivity contribution is 0.567. The van der Waals surface area contributed by atoms with Gasteiger partial charge in [0.15, 0.2) is 5.82 Å². The molecule has 0 saturated carbocycles. The highest BCUT2D eigenvalue weighted by Gasteiger charge is 2.40. The topological polar surface area (TPSA) is 89.9 Å². The molecule has 5 aromatic rings. The van der Waals surface area contributed by atoms with E-state index in [1.165, 1.54) is 20.5 Å². The van der Waals surface area contributed by atoms with E-state index < -0.39 is 0 Å². The number of aromatic nitrogens is 7. The molecule has 9 nitrogen and oxygen atoms in total. The fourth-order valence-corrected chi connectivity index (χ4v) is 6.63. The van der Waals surface area contributed by atoms with Crippen molar-refractivity contribution in [2.75, 3.05) is 7.05 Å². The van der Waals surface area contributed by atoms with Gasteiger partial charge in [0.1, 0.15) is 5.84 Å². The first-order chi connectivity index (χ1) is 20.1. The van der Waals surface area contributed by atoms with Crippen molar-refractivity contribution in [1.82, 2.24) is 39.4 Å². The minimum atomic E-state index is -0.372. The number of rotatable bonds is 4. The van der Waals surface area contributed by atoms with Crippen LogP contribution in [0.5, 0.6) is 0 Å². The number of fused-ring (bicyclic) bond motifs is 2. The predicted octanol–water partition coefficient (Wildman–Crippen LogP) is 6.38. The summed E-state index contributed by atoms with van der Waals surface area (Å²) in [5.74, 6) is 2.32. The van der Waals surface area contributed by atoms with Crippen LogP contribution in [0.3, 0.4) is 0 Å². The zero-order valence-electron chi connectivity index (χ0n) is 24.7. The highest BCUT2D eigenvalue weighted by Crippen LogP contribution is 2.47. The second kappa shape index (κ2) is 9.42. The summed E-state index contributed by atoms with van der Waals surface area (Å²) in [6.45, 7) is 12.3. The molecule has 0 spiro atoms. The Morgan fingerprint density at radius 1 is 0.833 bits per heavy atom. The van der Waals surface area contributed by atoms with E-state index in [4.69, 9.17) is 19.9 Å². The van der Waals surface area contributed by atoms with Crippen molar-refractivity contribution in [2.45, 2.75) is 41.5 Å². The Morgan fingerprint density at radius 2 is 1.48 bits per heavy atom. The smallest absolute Gasteiger partial charge is 0.256 e. The molecule has 2 aliphatic heterocycles. The van der Waals surface area contributed by atoms with Crippen LogP contribution in [-0.4, -0.2) is 52.3 Å². The largest absolute Gasteiger partial charge is 0.335 e. The number of aliphatic imine (C=N–C) groups is 1. The summed E-state index contributed by atoms with van der Waals surface area (Å²) in [5, 5.41) is 10.5. The average molecular weight is 574 g/mol. The van der Waals surface area contributed by atoms with Crippen molar-refractivity contribution in [3.05, 3.63) is 99.5 Å². The first kappa shape index (κ1) is 26.2. The zero-order valence-corrected chi connectivity index (χ0v) is 25.5. The molecule has 0 bridgehead atoms. The van der Waals surface area contributed by atoms with Crippen LogP contribution in [0, 0.1) is 33.1 Å². The fourth-order valence-electron chi connectivity index (χ4n) is 5.59. The van der Waals surface area contributed by atoms with Crippen LogP contribution in [0.25, 0.3) is 33.6 Å². The highest BCUT2D eigenvalue weighted by molar-refractivity contribution is 7.20. The second-order valence-corrected chi connectivity index (χ2v) is 12.5. The molecule has 42 heavy (non-hydrogen) atoms. The monoisotopic (exact) mass is 573 g/mol. The molecule has 0 saturated heterocycles. The predicted molar refractivity (Wildman–Crippen MR) is 168 cm³/mol. The normalized spacial score (nSPS) is 17.1. The Bertz CT molecular complexity index is 1930. The van der Waals surface area contributed by atoms with Gasteiger partial charge in [-0.15, -0.1) is 11.3 Å². The fraction of sp³-hybridized carbons (Fsp3) is 0.250. The number of thiophene rings is 1. The van der Waals surface area contributed by atoms with Gasteiger partial charge in [0.2, 0.25) is 0 Å². The van der Waals surface area contributed by atoms with Crippen molar-refractivity contribution in [3.8, 4) is 11.9 Å². The van der Waals surface area contributed by atoms with Gasteiger partial charge in [0.05, 0.1) is 17.1 Å². The van der Waals surface area contributed by atoms with Crippen LogP contribution in [0.2, 0.25) is 0 Å². The summed E-state index contributed by atoms with van der Waals surface area (Å²) in [5.41, 5.74) is 6.52. The number of aryl methyl sites for hydroxylation is 4. The molecule has 0 fully saturated rings. The molecule has 2 aliphatic rings. The number of benzene rings is 1. The van der Waals surface area contributed by atoms with E-state index in [1.54, 1.807) is 9.36 Å². The van der Waals surface area contributed by atoms with Gasteiger partial charge in [-0.1, -0.05) is 32.0 Å². The first-order valence-corrected chi connectivity index (χ1v) is 14.7. The summed E-state index contributed by atoms with van der Waals surface area (Å²) >= 11 is 1.81. The van der Waals surface area contributed by atoms with Gasteiger partial charge in [0, 0.05) is 56.8 Å². The van der Waals surface area contributed by atoms with Gasteiger partial charge < -0.3 is 4.90 Å². The zero-order chi connectivity index (χ0) is 29.3. The molecule has 7 rings (SSSR count). The third-order valence-corrected chi connectivity index (χ3v) is 8.92. The lowest BCUT2D eigenvalue weighted by Gasteiger charge is -2.28. The van der Waals surface area contributed by atoms with E-state index in [0.717, 1.165) is 39.9 Å². The summed E-state index contributed by atoms with van der Waals surface area (Å²) in [4.78, 5) is 22.9. The maximum atomic E-state index is 5.11. The highest BCUT2D eigenvalue weighted by atomic mass is 32.1. The SMILES string of the molecule is Cc1cc(C)n(-c2nc(/C=C3\N=C4C(=CC(c5cc6ccccc6s5)=CN4C)C3(C)C)nc(-n3nc(C)cc3C)n2)n1. The quantitative estimate of drug-likeness (QED) is 0.248. The van der Waals surface area contributed by atoms with Crippen LogP contribution >= 0.6 is 11.3 Å². The number of allylic oxidation sites excluding steroid dienone is 3. The maximum absolute atomic E-state index is 5.11. The van der Waals surface area contributed by atoms with E-state index in [0.29, 0.717) is 17.7 Å². The van der Waals surface area contributed by atoms with Crippen molar-refractivity contribution < 1.29 is 0 Å². The summed E-state index contributed by atoms with van der Waals surface area (Å²) in [7, 11) is 2.06. The molecule has 0 amide bonds. The molecule has 0 atom stereocenters. The van der Waals surface area contributed by atoms with Crippen LogP contribution in [0.1, 0.15) is 47.3 Å².